The summed E-state index contributed by atoms with van der Waals surface area (Å²) < 4.78 is 16.8. The third kappa shape index (κ3) is 1.53. The van der Waals surface area contributed by atoms with Crippen molar-refractivity contribution in [2.45, 2.75) is 24.3 Å². The van der Waals surface area contributed by atoms with Gasteiger partial charge in [-0.25, -0.2) is 4.39 Å². The summed E-state index contributed by atoms with van der Waals surface area (Å²) in [5.74, 6) is 0. The van der Waals surface area contributed by atoms with Crippen LogP contribution in [0.1, 0.15) is 6.42 Å². The van der Waals surface area contributed by atoms with Crippen LogP contribution in [0.25, 0.3) is 0 Å². The predicted molar refractivity (Wildman–Crippen MR) is 31.1 cm³/mol. The van der Waals surface area contributed by atoms with Crippen LogP contribution in [0.5, 0.6) is 0 Å². The Morgan fingerprint density at radius 3 is 2.67 bits per heavy atom. The van der Waals surface area contributed by atoms with E-state index in [-0.39, 0.29) is 18.4 Å². The average molecular weight is 155 g/mol. The molecule has 3 atom stereocenters. The summed E-state index contributed by atoms with van der Waals surface area (Å²) in [7, 11) is 0. The van der Waals surface area contributed by atoms with Crippen LogP contribution in [0.4, 0.5) is 4.39 Å². The SMILES string of the molecule is OCC1OC(F)CC1Cl. The van der Waals surface area contributed by atoms with Crippen molar-refractivity contribution in [3.63, 3.8) is 0 Å². The zero-order chi connectivity index (χ0) is 6.85. The van der Waals surface area contributed by atoms with E-state index in [4.69, 9.17) is 16.7 Å². The fraction of sp³-hybridized carbons (Fsp3) is 1.00. The Kier molecular flexibility index (Phi) is 2.27. The van der Waals surface area contributed by atoms with Crippen molar-refractivity contribution in [2.24, 2.45) is 0 Å². The normalized spacial score (nSPS) is 43.7. The fourth-order valence-electron chi connectivity index (χ4n) is 0.817. The lowest BCUT2D eigenvalue weighted by Crippen LogP contribution is -2.20. The van der Waals surface area contributed by atoms with Crippen molar-refractivity contribution in [3.05, 3.63) is 0 Å². The minimum atomic E-state index is -1.29. The number of hydrogen-bond acceptors (Lipinski definition) is 2. The van der Waals surface area contributed by atoms with E-state index < -0.39 is 12.5 Å². The molecule has 0 saturated carbocycles. The first-order valence-corrected chi connectivity index (χ1v) is 3.22. The van der Waals surface area contributed by atoms with Gasteiger partial charge in [0.1, 0.15) is 6.10 Å². The van der Waals surface area contributed by atoms with Gasteiger partial charge in [-0.2, -0.15) is 0 Å². The van der Waals surface area contributed by atoms with Gasteiger partial charge in [-0.05, 0) is 0 Å². The quantitative estimate of drug-likeness (QED) is 0.563. The molecule has 0 radical (unpaired) electrons. The highest BCUT2D eigenvalue weighted by atomic mass is 35.5. The van der Waals surface area contributed by atoms with Crippen LogP contribution in [0, 0.1) is 0 Å². The first-order valence-electron chi connectivity index (χ1n) is 2.78. The Balaban J connectivity index is 2.38. The molecule has 1 fully saturated rings. The summed E-state index contributed by atoms with van der Waals surface area (Å²) in [4.78, 5) is 0. The standard InChI is InChI=1S/C5H8ClFO2/c6-3-1-5(7)9-4(3)2-8/h3-5,8H,1-2H2. The third-order valence-electron chi connectivity index (χ3n) is 1.32. The molecule has 1 aliphatic rings. The van der Waals surface area contributed by atoms with E-state index >= 15 is 0 Å². The molecule has 1 heterocycles. The molecule has 0 aromatic rings. The summed E-state index contributed by atoms with van der Waals surface area (Å²) >= 11 is 5.55. The molecule has 0 bridgehead atoms. The molecule has 0 spiro atoms. The van der Waals surface area contributed by atoms with Gasteiger partial charge >= 0.3 is 0 Å². The predicted octanol–water partition coefficient (Wildman–Crippen LogP) is 0.671. The number of rotatable bonds is 1. The smallest absolute Gasteiger partial charge is 0.200 e. The second-order valence-electron chi connectivity index (χ2n) is 2.02. The van der Waals surface area contributed by atoms with E-state index in [0.717, 1.165) is 0 Å². The average Bonchev–Trinajstić information content (AvgIpc) is 2.10. The van der Waals surface area contributed by atoms with Gasteiger partial charge in [0, 0.05) is 6.42 Å². The minimum absolute atomic E-state index is 0.187. The van der Waals surface area contributed by atoms with Gasteiger partial charge in [0.15, 0.2) is 0 Å². The van der Waals surface area contributed by atoms with Gasteiger partial charge < -0.3 is 9.84 Å². The third-order valence-corrected chi connectivity index (χ3v) is 1.78. The van der Waals surface area contributed by atoms with E-state index in [1.165, 1.54) is 0 Å². The topological polar surface area (TPSA) is 29.5 Å². The lowest BCUT2D eigenvalue weighted by molar-refractivity contribution is -0.0510. The lowest BCUT2D eigenvalue weighted by Gasteiger charge is -2.06. The molecule has 1 saturated heterocycles. The molecule has 9 heavy (non-hydrogen) atoms. The number of hydrogen-bond donors (Lipinski definition) is 1. The Morgan fingerprint density at radius 2 is 2.44 bits per heavy atom. The molecular formula is C5H8ClFO2. The first kappa shape index (κ1) is 7.25. The van der Waals surface area contributed by atoms with Gasteiger partial charge in [-0.15, -0.1) is 11.6 Å². The summed E-state index contributed by atoms with van der Waals surface area (Å²) in [5.41, 5.74) is 0. The van der Waals surface area contributed by atoms with Crippen LogP contribution >= 0.6 is 11.6 Å². The van der Waals surface area contributed by atoms with Gasteiger partial charge in [0.2, 0.25) is 6.36 Å². The number of aliphatic hydroxyl groups excluding tert-OH is 1. The van der Waals surface area contributed by atoms with E-state index in [9.17, 15) is 4.39 Å². The van der Waals surface area contributed by atoms with E-state index in [1.54, 1.807) is 0 Å². The highest BCUT2D eigenvalue weighted by Crippen LogP contribution is 2.25. The summed E-state index contributed by atoms with van der Waals surface area (Å²) in [6.07, 6.45) is -1.61. The molecule has 0 amide bonds. The van der Waals surface area contributed by atoms with Gasteiger partial charge in [0.25, 0.3) is 0 Å². The summed E-state index contributed by atoms with van der Waals surface area (Å²) in [5, 5.41) is 8.11. The van der Waals surface area contributed by atoms with Gasteiger partial charge in [0.05, 0.1) is 12.0 Å². The van der Waals surface area contributed by atoms with E-state index in [1.807, 2.05) is 0 Å². The van der Waals surface area contributed by atoms with Crippen molar-refractivity contribution in [3.8, 4) is 0 Å². The van der Waals surface area contributed by atoms with Gasteiger partial charge in [-0.3, -0.25) is 0 Å². The molecule has 1 N–H and O–H groups in total. The van der Waals surface area contributed by atoms with Crippen LogP contribution in [0.2, 0.25) is 0 Å². The van der Waals surface area contributed by atoms with E-state index in [2.05, 4.69) is 4.74 Å². The van der Waals surface area contributed by atoms with Crippen LogP contribution in [-0.2, 0) is 4.74 Å². The molecule has 3 unspecified atom stereocenters. The highest BCUT2D eigenvalue weighted by Gasteiger charge is 2.32. The number of aliphatic hydroxyl groups is 1. The van der Waals surface area contributed by atoms with Crippen LogP contribution in [-0.4, -0.2) is 29.6 Å². The number of alkyl halides is 2. The van der Waals surface area contributed by atoms with E-state index in [0.29, 0.717) is 0 Å². The van der Waals surface area contributed by atoms with Crippen LogP contribution in [0.15, 0.2) is 0 Å². The Bertz CT molecular complexity index is 101. The molecule has 0 aromatic carbocycles. The maximum atomic E-state index is 12.2. The molecule has 54 valence electrons. The first-order chi connectivity index (χ1) is 4.24. The zero-order valence-corrected chi connectivity index (χ0v) is 5.51. The Labute approximate surface area is 57.6 Å². The molecule has 4 heteroatoms. The monoisotopic (exact) mass is 154 g/mol. The molecular weight excluding hydrogens is 147 g/mol. The zero-order valence-electron chi connectivity index (χ0n) is 4.76. The van der Waals surface area contributed by atoms with Crippen molar-refractivity contribution in [2.75, 3.05) is 6.61 Å². The second-order valence-corrected chi connectivity index (χ2v) is 2.58. The van der Waals surface area contributed by atoms with Crippen molar-refractivity contribution >= 4 is 11.6 Å². The van der Waals surface area contributed by atoms with Crippen molar-refractivity contribution < 1.29 is 14.2 Å². The molecule has 0 aromatic heterocycles. The lowest BCUT2D eigenvalue weighted by atomic mass is 10.2. The van der Waals surface area contributed by atoms with Crippen molar-refractivity contribution in [1.82, 2.24) is 0 Å². The largest absolute Gasteiger partial charge is 0.394 e. The molecule has 0 aliphatic carbocycles. The Hall–Kier alpha value is 0.140. The molecule has 1 aliphatic heterocycles. The second kappa shape index (κ2) is 2.82. The molecule has 2 nitrogen and oxygen atoms in total. The maximum absolute atomic E-state index is 12.2. The molecule has 1 rings (SSSR count). The summed E-state index contributed by atoms with van der Waals surface area (Å²) in [6.45, 7) is -0.200. The number of halogens is 2. The summed E-state index contributed by atoms with van der Waals surface area (Å²) in [6, 6.07) is 0. The van der Waals surface area contributed by atoms with Gasteiger partial charge in [-0.1, -0.05) is 0 Å². The number of ether oxygens (including phenoxy) is 1. The van der Waals surface area contributed by atoms with Crippen molar-refractivity contribution in [1.29, 1.82) is 0 Å². The fourth-order valence-corrected chi connectivity index (χ4v) is 1.10. The maximum Gasteiger partial charge on any atom is 0.200 e. The van der Waals surface area contributed by atoms with Crippen LogP contribution < -0.4 is 0 Å². The highest BCUT2D eigenvalue weighted by molar-refractivity contribution is 6.21. The Morgan fingerprint density at radius 1 is 1.78 bits per heavy atom. The minimum Gasteiger partial charge on any atom is -0.394 e. The van der Waals surface area contributed by atoms with Crippen LogP contribution in [0.3, 0.4) is 0 Å².